The highest BCUT2D eigenvalue weighted by Gasteiger charge is 2.24. The highest BCUT2D eigenvalue weighted by Crippen LogP contribution is 2.18. The minimum absolute atomic E-state index is 0.110. The third-order valence-electron chi connectivity index (χ3n) is 3.78. The van der Waals surface area contributed by atoms with Gasteiger partial charge in [-0.1, -0.05) is 6.92 Å². The fourth-order valence-corrected chi connectivity index (χ4v) is 2.65. The van der Waals surface area contributed by atoms with Gasteiger partial charge in [0.15, 0.2) is 0 Å². The first-order valence-electron chi connectivity index (χ1n) is 7.30. The molecule has 0 aromatic carbocycles. The zero-order valence-electron chi connectivity index (χ0n) is 11.9. The van der Waals surface area contributed by atoms with E-state index in [0.717, 1.165) is 38.1 Å². The van der Waals surface area contributed by atoms with Gasteiger partial charge in [-0.2, -0.15) is 0 Å². The molecule has 1 aromatic rings. The minimum atomic E-state index is -0.159. The van der Waals surface area contributed by atoms with Gasteiger partial charge in [0.2, 0.25) is 5.91 Å². The molecule has 1 saturated heterocycles. The van der Waals surface area contributed by atoms with Crippen LogP contribution in [0.1, 0.15) is 51.3 Å². The van der Waals surface area contributed by atoms with Gasteiger partial charge in [0.05, 0.1) is 18.3 Å². The van der Waals surface area contributed by atoms with Crippen molar-refractivity contribution in [3.05, 3.63) is 24.2 Å². The van der Waals surface area contributed by atoms with E-state index in [0.29, 0.717) is 0 Å². The highest BCUT2D eigenvalue weighted by molar-refractivity contribution is 5.81. The number of hydrogen-bond donors (Lipinski definition) is 1. The molecule has 2 unspecified atom stereocenters. The van der Waals surface area contributed by atoms with Crippen LogP contribution in [0.25, 0.3) is 0 Å². The number of amides is 1. The molecule has 0 spiro atoms. The average Bonchev–Trinajstić information content (AvgIpc) is 2.98. The maximum atomic E-state index is 12.4. The summed E-state index contributed by atoms with van der Waals surface area (Å²) in [5.41, 5.74) is 0. The lowest BCUT2D eigenvalue weighted by atomic mass is 10.1. The molecule has 2 heterocycles. The van der Waals surface area contributed by atoms with Crippen LogP contribution >= 0.6 is 0 Å². The molecule has 106 valence electrons. The Bertz CT molecular complexity index is 383. The first-order chi connectivity index (χ1) is 9.22. The first kappa shape index (κ1) is 14.1. The van der Waals surface area contributed by atoms with E-state index < -0.39 is 0 Å². The molecule has 19 heavy (non-hydrogen) atoms. The molecular weight excluding hydrogens is 240 g/mol. The van der Waals surface area contributed by atoms with Crippen molar-refractivity contribution in [1.29, 1.82) is 0 Å². The average molecular weight is 264 g/mol. The number of nitrogens with zero attached hydrogens (tertiary/aromatic N) is 1. The Morgan fingerprint density at radius 1 is 1.42 bits per heavy atom. The second-order valence-corrected chi connectivity index (χ2v) is 5.25. The Labute approximate surface area is 115 Å². The standard InChI is InChI=1S/C15H24N2O2/c1-3-13(14-8-7-11-19-14)16-12(2)15(18)17-9-5-4-6-10-17/h7-8,11-13,16H,3-6,9-10H2,1-2H3. The van der Waals surface area contributed by atoms with Gasteiger partial charge in [-0.05, 0) is 44.7 Å². The summed E-state index contributed by atoms with van der Waals surface area (Å²) < 4.78 is 5.43. The summed E-state index contributed by atoms with van der Waals surface area (Å²) in [5.74, 6) is 1.12. The second kappa shape index (κ2) is 6.75. The van der Waals surface area contributed by atoms with Crippen LogP contribution in [-0.4, -0.2) is 29.9 Å². The van der Waals surface area contributed by atoms with E-state index in [1.807, 2.05) is 24.0 Å². The van der Waals surface area contributed by atoms with E-state index in [9.17, 15) is 4.79 Å². The van der Waals surface area contributed by atoms with Crippen molar-refractivity contribution in [2.75, 3.05) is 13.1 Å². The zero-order chi connectivity index (χ0) is 13.7. The summed E-state index contributed by atoms with van der Waals surface area (Å²) in [6, 6.07) is 3.79. The van der Waals surface area contributed by atoms with Crippen LogP contribution in [-0.2, 0) is 4.79 Å². The lowest BCUT2D eigenvalue weighted by Gasteiger charge is -2.30. The van der Waals surface area contributed by atoms with Crippen LogP contribution < -0.4 is 5.32 Å². The number of likely N-dealkylation sites (tertiary alicyclic amines) is 1. The van der Waals surface area contributed by atoms with Gasteiger partial charge in [0.1, 0.15) is 5.76 Å². The number of carbonyl (C=O) groups is 1. The van der Waals surface area contributed by atoms with E-state index in [1.54, 1.807) is 6.26 Å². The second-order valence-electron chi connectivity index (χ2n) is 5.25. The largest absolute Gasteiger partial charge is 0.468 e. The van der Waals surface area contributed by atoms with Gasteiger partial charge < -0.3 is 9.32 Å². The molecule has 1 N–H and O–H groups in total. The smallest absolute Gasteiger partial charge is 0.239 e. The van der Waals surface area contributed by atoms with Crippen molar-refractivity contribution in [3.63, 3.8) is 0 Å². The van der Waals surface area contributed by atoms with Crippen molar-refractivity contribution in [2.45, 2.75) is 51.6 Å². The first-order valence-corrected chi connectivity index (χ1v) is 7.30. The van der Waals surface area contributed by atoms with Crippen LogP contribution in [0.15, 0.2) is 22.8 Å². The number of hydrogen-bond acceptors (Lipinski definition) is 3. The van der Waals surface area contributed by atoms with Crippen molar-refractivity contribution in [3.8, 4) is 0 Å². The fourth-order valence-electron chi connectivity index (χ4n) is 2.65. The van der Waals surface area contributed by atoms with Gasteiger partial charge >= 0.3 is 0 Å². The van der Waals surface area contributed by atoms with Crippen molar-refractivity contribution < 1.29 is 9.21 Å². The van der Waals surface area contributed by atoms with Crippen LogP contribution in [0.5, 0.6) is 0 Å². The van der Waals surface area contributed by atoms with Crippen LogP contribution in [0.4, 0.5) is 0 Å². The topological polar surface area (TPSA) is 45.5 Å². The molecule has 0 saturated carbocycles. The summed E-state index contributed by atoms with van der Waals surface area (Å²) in [5, 5.41) is 3.38. The monoisotopic (exact) mass is 264 g/mol. The maximum Gasteiger partial charge on any atom is 0.239 e. The molecule has 0 aliphatic carbocycles. The van der Waals surface area contributed by atoms with Crippen LogP contribution in [0, 0.1) is 0 Å². The van der Waals surface area contributed by atoms with Gasteiger partial charge in [-0.3, -0.25) is 10.1 Å². The number of carbonyl (C=O) groups excluding carboxylic acids is 1. The molecule has 0 radical (unpaired) electrons. The Morgan fingerprint density at radius 3 is 2.74 bits per heavy atom. The molecule has 2 rings (SSSR count). The van der Waals surface area contributed by atoms with Crippen molar-refractivity contribution >= 4 is 5.91 Å². The zero-order valence-corrected chi connectivity index (χ0v) is 11.9. The number of piperidine rings is 1. The predicted octanol–water partition coefficient (Wildman–Crippen LogP) is 2.72. The summed E-state index contributed by atoms with van der Waals surface area (Å²) in [4.78, 5) is 14.3. The Kier molecular flexibility index (Phi) is 5.02. The predicted molar refractivity (Wildman–Crippen MR) is 74.8 cm³/mol. The molecule has 4 nitrogen and oxygen atoms in total. The van der Waals surface area contributed by atoms with Gasteiger partial charge in [-0.15, -0.1) is 0 Å². The Hall–Kier alpha value is -1.29. The molecule has 1 fully saturated rings. The Morgan fingerprint density at radius 2 is 2.16 bits per heavy atom. The molecule has 1 aromatic heterocycles. The summed E-state index contributed by atoms with van der Waals surface area (Å²) in [7, 11) is 0. The normalized spacial score (nSPS) is 19.2. The van der Waals surface area contributed by atoms with Crippen LogP contribution in [0.3, 0.4) is 0 Å². The third kappa shape index (κ3) is 3.60. The molecule has 0 bridgehead atoms. The van der Waals surface area contributed by atoms with Crippen molar-refractivity contribution in [1.82, 2.24) is 10.2 Å². The van der Waals surface area contributed by atoms with E-state index in [2.05, 4.69) is 12.2 Å². The minimum Gasteiger partial charge on any atom is -0.468 e. The molecular formula is C15H24N2O2. The lowest BCUT2D eigenvalue weighted by molar-refractivity contribution is -0.134. The molecule has 1 amide bonds. The number of nitrogens with one attached hydrogen (secondary N) is 1. The maximum absolute atomic E-state index is 12.4. The SMILES string of the molecule is CCC(NC(C)C(=O)N1CCCCC1)c1ccco1. The number of rotatable bonds is 5. The van der Waals surface area contributed by atoms with E-state index in [1.165, 1.54) is 6.42 Å². The summed E-state index contributed by atoms with van der Waals surface area (Å²) in [6.45, 7) is 5.85. The van der Waals surface area contributed by atoms with Gasteiger partial charge in [0, 0.05) is 13.1 Å². The van der Waals surface area contributed by atoms with Gasteiger partial charge in [-0.25, -0.2) is 0 Å². The molecule has 2 atom stereocenters. The van der Waals surface area contributed by atoms with E-state index in [4.69, 9.17) is 4.42 Å². The van der Waals surface area contributed by atoms with Gasteiger partial charge in [0.25, 0.3) is 0 Å². The molecule has 4 heteroatoms. The fraction of sp³-hybridized carbons (Fsp3) is 0.667. The van der Waals surface area contributed by atoms with E-state index in [-0.39, 0.29) is 18.0 Å². The summed E-state index contributed by atoms with van der Waals surface area (Å²) in [6.07, 6.45) is 6.10. The lowest BCUT2D eigenvalue weighted by Crippen LogP contribution is -2.47. The number of furan rings is 1. The third-order valence-corrected chi connectivity index (χ3v) is 3.78. The van der Waals surface area contributed by atoms with E-state index >= 15 is 0 Å². The van der Waals surface area contributed by atoms with Crippen molar-refractivity contribution in [2.24, 2.45) is 0 Å². The van der Waals surface area contributed by atoms with Crippen LogP contribution in [0.2, 0.25) is 0 Å². The summed E-state index contributed by atoms with van der Waals surface area (Å²) >= 11 is 0. The Balaban J connectivity index is 1.91. The molecule has 1 aliphatic heterocycles. The molecule has 1 aliphatic rings. The quantitative estimate of drug-likeness (QED) is 0.889. The highest BCUT2D eigenvalue weighted by atomic mass is 16.3.